The van der Waals surface area contributed by atoms with Crippen molar-refractivity contribution in [2.75, 3.05) is 11.9 Å². The van der Waals surface area contributed by atoms with E-state index < -0.39 is 18.0 Å². The van der Waals surface area contributed by atoms with Crippen LogP contribution >= 0.6 is 0 Å². The maximum atomic E-state index is 11.7. The summed E-state index contributed by atoms with van der Waals surface area (Å²) >= 11 is 0. The van der Waals surface area contributed by atoms with E-state index in [2.05, 4.69) is 10.6 Å². The van der Waals surface area contributed by atoms with Gasteiger partial charge in [-0.05, 0) is 23.6 Å². The van der Waals surface area contributed by atoms with Gasteiger partial charge in [0.1, 0.15) is 6.04 Å². The van der Waals surface area contributed by atoms with Crippen LogP contribution in [0.2, 0.25) is 0 Å². The fourth-order valence-corrected chi connectivity index (χ4v) is 1.69. The molecule has 4 N–H and O–H groups in total. The van der Waals surface area contributed by atoms with Crippen molar-refractivity contribution in [2.45, 2.75) is 32.2 Å². The van der Waals surface area contributed by atoms with Crippen molar-refractivity contribution < 1.29 is 19.8 Å². The topological polar surface area (TPSA) is 98.7 Å². The summed E-state index contributed by atoms with van der Waals surface area (Å²) in [6.07, 6.45) is -0.0329. The van der Waals surface area contributed by atoms with Gasteiger partial charge in [-0.25, -0.2) is 9.59 Å². The summed E-state index contributed by atoms with van der Waals surface area (Å²) in [5.74, 6) is -0.842. The molecule has 0 saturated carbocycles. The summed E-state index contributed by atoms with van der Waals surface area (Å²) in [6.45, 7) is 3.78. The first-order valence-corrected chi connectivity index (χ1v) is 6.45. The van der Waals surface area contributed by atoms with E-state index in [4.69, 9.17) is 10.2 Å². The zero-order chi connectivity index (χ0) is 15.1. The number of carboxylic acid groups (broad SMARTS) is 1. The van der Waals surface area contributed by atoms with Crippen molar-refractivity contribution in [2.24, 2.45) is 0 Å². The lowest BCUT2D eigenvalue weighted by molar-refractivity contribution is -0.139. The molecule has 0 aliphatic carbocycles. The van der Waals surface area contributed by atoms with E-state index in [0.717, 1.165) is 5.56 Å². The Morgan fingerprint density at radius 2 is 2.00 bits per heavy atom. The zero-order valence-electron chi connectivity index (χ0n) is 11.6. The van der Waals surface area contributed by atoms with Crippen molar-refractivity contribution in [3.8, 4) is 0 Å². The fourth-order valence-electron chi connectivity index (χ4n) is 1.69. The van der Waals surface area contributed by atoms with Crippen LogP contribution in [0.25, 0.3) is 0 Å². The molecule has 0 aromatic heterocycles. The molecule has 1 aromatic rings. The van der Waals surface area contributed by atoms with Gasteiger partial charge in [0.05, 0.1) is 0 Å². The van der Waals surface area contributed by atoms with Gasteiger partial charge in [-0.3, -0.25) is 0 Å². The Hall–Kier alpha value is -2.08. The van der Waals surface area contributed by atoms with Crippen LogP contribution in [0.5, 0.6) is 0 Å². The van der Waals surface area contributed by atoms with Gasteiger partial charge in [-0.2, -0.15) is 0 Å². The number of aliphatic hydroxyl groups is 1. The van der Waals surface area contributed by atoms with Crippen molar-refractivity contribution in [1.82, 2.24) is 5.32 Å². The number of hydrogen-bond acceptors (Lipinski definition) is 3. The highest BCUT2D eigenvalue weighted by molar-refractivity contribution is 5.92. The smallest absolute Gasteiger partial charge is 0.326 e. The number of carbonyl (C=O) groups is 2. The van der Waals surface area contributed by atoms with Gasteiger partial charge in [-0.15, -0.1) is 0 Å². The molecule has 0 fully saturated rings. The number of rotatable bonds is 6. The lowest BCUT2D eigenvalue weighted by Crippen LogP contribution is -2.43. The van der Waals surface area contributed by atoms with Crippen molar-refractivity contribution >= 4 is 17.7 Å². The second-order valence-electron chi connectivity index (χ2n) is 4.78. The number of carbonyl (C=O) groups excluding carboxylic acids is 1. The van der Waals surface area contributed by atoms with Gasteiger partial charge in [0.15, 0.2) is 0 Å². The molecular weight excluding hydrogens is 260 g/mol. The quantitative estimate of drug-likeness (QED) is 0.638. The first-order valence-electron chi connectivity index (χ1n) is 6.45. The van der Waals surface area contributed by atoms with Gasteiger partial charge < -0.3 is 20.8 Å². The molecule has 1 unspecified atom stereocenters. The summed E-state index contributed by atoms with van der Waals surface area (Å²) in [5, 5.41) is 22.5. The van der Waals surface area contributed by atoms with E-state index >= 15 is 0 Å². The highest BCUT2D eigenvalue weighted by Crippen LogP contribution is 2.18. The molecule has 2 amide bonds. The molecule has 0 heterocycles. The second-order valence-corrected chi connectivity index (χ2v) is 4.78. The fraction of sp³-hybridized carbons (Fsp3) is 0.429. The number of aliphatic carboxylic acids is 1. The standard InChI is InChI=1S/C14H20N2O4/c1-9(2)10-4-3-5-11(8-10)15-14(20)16-12(6-7-17)13(18)19/h3-5,8-9,12,17H,6-7H2,1-2H3,(H,18,19)(H2,15,16,20). The molecule has 0 radical (unpaired) electrons. The number of nitrogens with one attached hydrogen (secondary N) is 2. The molecule has 0 aliphatic rings. The van der Waals surface area contributed by atoms with Crippen LogP contribution < -0.4 is 10.6 Å². The zero-order valence-corrected chi connectivity index (χ0v) is 11.6. The summed E-state index contributed by atoms with van der Waals surface area (Å²) in [5.41, 5.74) is 1.68. The Morgan fingerprint density at radius 1 is 1.30 bits per heavy atom. The number of hydrogen-bond donors (Lipinski definition) is 4. The maximum Gasteiger partial charge on any atom is 0.326 e. The molecule has 20 heavy (non-hydrogen) atoms. The minimum Gasteiger partial charge on any atom is -0.480 e. The number of amides is 2. The molecule has 1 rings (SSSR count). The first kappa shape index (κ1) is 16.0. The van der Waals surface area contributed by atoms with Crippen LogP contribution in [-0.2, 0) is 4.79 Å². The monoisotopic (exact) mass is 280 g/mol. The van der Waals surface area contributed by atoms with Gasteiger partial charge in [0.2, 0.25) is 0 Å². The number of benzene rings is 1. The average Bonchev–Trinajstić information content (AvgIpc) is 2.38. The molecule has 6 heteroatoms. The second kappa shape index (κ2) is 7.49. The third kappa shape index (κ3) is 4.89. The summed E-state index contributed by atoms with van der Waals surface area (Å²) in [7, 11) is 0. The van der Waals surface area contributed by atoms with Crippen LogP contribution in [0.4, 0.5) is 10.5 Å². The van der Waals surface area contributed by atoms with Crippen LogP contribution in [0.1, 0.15) is 31.7 Å². The van der Waals surface area contributed by atoms with E-state index in [1.807, 2.05) is 32.0 Å². The molecule has 6 nitrogen and oxygen atoms in total. The Kier molecular flexibility index (Phi) is 5.99. The predicted octanol–water partition coefficient (Wildman–Crippen LogP) is 1.77. The molecular formula is C14H20N2O4. The Morgan fingerprint density at radius 3 is 2.55 bits per heavy atom. The highest BCUT2D eigenvalue weighted by Gasteiger charge is 2.19. The lowest BCUT2D eigenvalue weighted by atomic mass is 10.0. The van der Waals surface area contributed by atoms with E-state index in [-0.39, 0.29) is 13.0 Å². The van der Waals surface area contributed by atoms with Gasteiger partial charge >= 0.3 is 12.0 Å². The molecule has 110 valence electrons. The van der Waals surface area contributed by atoms with Gasteiger partial charge in [-0.1, -0.05) is 26.0 Å². The Labute approximate surface area is 117 Å². The van der Waals surface area contributed by atoms with Crippen molar-refractivity contribution in [3.63, 3.8) is 0 Å². The van der Waals surface area contributed by atoms with Crippen LogP contribution in [0, 0.1) is 0 Å². The molecule has 0 spiro atoms. The van der Waals surface area contributed by atoms with Crippen molar-refractivity contribution in [3.05, 3.63) is 29.8 Å². The molecule has 0 bridgehead atoms. The molecule has 0 aliphatic heterocycles. The Bertz CT molecular complexity index is 474. The SMILES string of the molecule is CC(C)c1cccc(NC(=O)NC(CCO)C(=O)O)c1. The van der Waals surface area contributed by atoms with E-state index in [1.54, 1.807) is 6.07 Å². The molecule has 1 atom stereocenters. The van der Waals surface area contributed by atoms with Crippen LogP contribution in [0.15, 0.2) is 24.3 Å². The Balaban J connectivity index is 2.65. The summed E-state index contributed by atoms with van der Waals surface area (Å²) < 4.78 is 0. The van der Waals surface area contributed by atoms with Crippen LogP contribution in [0.3, 0.4) is 0 Å². The lowest BCUT2D eigenvalue weighted by Gasteiger charge is -2.14. The average molecular weight is 280 g/mol. The van der Waals surface area contributed by atoms with E-state index in [9.17, 15) is 9.59 Å². The summed E-state index contributed by atoms with van der Waals surface area (Å²) in [4.78, 5) is 22.6. The minimum absolute atomic E-state index is 0.0329. The third-order valence-electron chi connectivity index (χ3n) is 2.83. The first-order chi connectivity index (χ1) is 9.43. The van der Waals surface area contributed by atoms with E-state index in [1.165, 1.54) is 0 Å². The minimum atomic E-state index is -1.18. The molecule has 1 aromatic carbocycles. The maximum absolute atomic E-state index is 11.7. The van der Waals surface area contributed by atoms with Crippen LogP contribution in [-0.4, -0.2) is 34.9 Å². The predicted molar refractivity (Wildman–Crippen MR) is 75.8 cm³/mol. The third-order valence-corrected chi connectivity index (χ3v) is 2.83. The number of aliphatic hydroxyl groups excluding tert-OH is 1. The van der Waals surface area contributed by atoms with Gasteiger partial charge in [0.25, 0.3) is 0 Å². The number of urea groups is 1. The highest BCUT2D eigenvalue weighted by atomic mass is 16.4. The molecule has 0 saturated heterocycles. The normalized spacial score (nSPS) is 12.0. The van der Waals surface area contributed by atoms with Crippen molar-refractivity contribution in [1.29, 1.82) is 0 Å². The number of carboxylic acids is 1. The summed E-state index contributed by atoms with van der Waals surface area (Å²) in [6, 6.07) is 5.65. The largest absolute Gasteiger partial charge is 0.480 e. The van der Waals surface area contributed by atoms with E-state index in [0.29, 0.717) is 11.6 Å². The number of anilines is 1. The van der Waals surface area contributed by atoms with Gasteiger partial charge in [0, 0.05) is 18.7 Å².